The molecule has 2 aromatic rings. The summed E-state index contributed by atoms with van der Waals surface area (Å²) in [7, 11) is 0. The lowest BCUT2D eigenvalue weighted by molar-refractivity contribution is 0.0328. The average molecular weight is 371 g/mol. The molecule has 0 bridgehead atoms. The van der Waals surface area contributed by atoms with Gasteiger partial charge >= 0.3 is 0 Å². The normalized spacial score (nSPS) is 29.0. The third-order valence-electron chi connectivity index (χ3n) is 6.09. The van der Waals surface area contributed by atoms with Gasteiger partial charge in [-0.2, -0.15) is 0 Å². The number of likely N-dealkylation sites (tertiary alicyclic amines) is 1. The predicted octanol–water partition coefficient (Wildman–Crippen LogP) is 2.88. The van der Waals surface area contributed by atoms with Gasteiger partial charge in [0.25, 0.3) is 0 Å². The lowest BCUT2D eigenvalue weighted by Gasteiger charge is -2.27. The fourth-order valence-electron chi connectivity index (χ4n) is 4.88. The smallest absolute Gasteiger partial charge is 0.123 e. The highest BCUT2D eigenvalue weighted by Gasteiger charge is 2.48. The van der Waals surface area contributed by atoms with Crippen LogP contribution in [0.5, 0.6) is 5.75 Å². The molecule has 1 heterocycles. The highest BCUT2D eigenvalue weighted by molar-refractivity contribution is 5.27. The highest BCUT2D eigenvalue weighted by atomic mass is 19.1. The van der Waals surface area contributed by atoms with E-state index in [9.17, 15) is 19.7 Å². The molecular formula is C22H26FNO3. The van der Waals surface area contributed by atoms with Gasteiger partial charge in [-0.1, -0.05) is 24.3 Å². The van der Waals surface area contributed by atoms with Crippen LogP contribution < -0.4 is 0 Å². The molecule has 1 saturated heterocycles. The first-order chi connectivity index (χ1) is 12.9. The van der Waals surface area contributed by atoms with Gasteiger partial charge in [-0.3, -0.25) is 4.90 Å². The van der Waals surface area contributed by atoms with Crippen LogP contribution in [-0.4, -0.2) is 45.5 Å². The number of hydrogen-bond acceptors (Lipinski definition) is 4. The molecule has 4 nitrogen and oxygen atoms in total. The number of nitrogens with zero attached hydrogens (tertiary/aromatic N) is 1. The topological polar surface area (TPSA) is 63.9 Å². The largest absolute Gasteiger partial charge is 0.508 e. The molecule has 0 aromatic heterocycles. The second kappa shape index (κ2) is 7.23. The summed E-state index contributed by atoms with van der Waals surface area (Å²) < 4.78 is 13.1. The van der Waals surface area contributed by atoms with Crippen molar-refractivity contribution in [2.24, 2.45) is 11.8 Å². The van der Waals surface area contributed by atoms with Crippen LogP contribution >= 0.6 is 0 Å². The molecule has 4 rings (SSSR count). The van der Waals surface area contributed by atoms with Crippen molar-refractivity contribution < 1.29 is 19.7 Å². The van der Waals surface area contributed by atoms with Crippen molar-refractivity contribution >= 4 is 0 Å². The number of aromatic hydroxyl groups is 1. The third kappa shape index (κ3) is 4.15. The maximum Gasteiger partial charge on any atom is 0.123 e. The van der Waals surface area contributed by atoms with Crippen molar-refractivity contribution in [3.63, 3.8) is 0 Å². The molecule has 5 heteroatoms. The zero-order valence-corrected chi connectivity index (χ0v) is 15.3. The first-order valence-corrected chi connectivity index (χ1v) is 9.56. The Morgan fingerprint density at radius 1 is 1.00 bits per heavy atom. The molecule has 2 aliphatic rings. The summed E-state index contributed by atoms with van der Waals surface area (Å²) in [4.78, 5) is 2.27. The Balaban J connectivity index is 1.32. The van der Waals surface area contributed by atoms with Crippen molar-refractivity contribution in [3.05, 3.63) is 65.5 Å². The molecule has 3 N–H and O–H groups in total. The molecule has 144 valence electrons. The molecule has 0 amide bonds. The van der Waals surface area contributed by atoms with Crippen molar-refractivity contribution in [2.45, 2.75) is 31.0 Å². The Kier molecular flexibility index (Phi) is 4.93. The maximum absolute atomic E-state index is 13.1. The van der Waals surface area contributed by atoms with Crippen LogP contribution in [-0.2, 0) is 6.42 Å². The number of phenols is 1. The number of hydrogen-bond donors (Lipinski definition) is 3. The van der Waals surface area contributed by atoms with E-state index >= 15 is 0 Å². The second-order valence-electron chi connectivity index (χ2n) is 8.28. The zero-order valence-electron chi connectivity index (χ0n) is 15.3. The summed E-state index contributed by atoms with van der Waals surface area (Å²) in [5.41, 5.74) is 1.06. The van der Waals surface area contributed by atoms with E-state index in [4.69, 9.17) is 0 Å². The van der Waals surface area contributed by atoms with Crippen molar-refractivity contribution in [3.8, 4) is 5.75 Å². The van der Waals surface area contributed by atoms with Gasteiger partial charge in [-0.05, 0) is 60.1 Å². The number of rotatable bonds is 5. The molecule has 1 aliphatic heterocycles. The van der Waals surface area contributed by atoms with Crippen LogP contribution in [0.3, 0.4) is 0 Å². The van der Waals surface area contributed by atoms with Crippen molar-refractivity contribution in [1.29, 1.82) is 0 Å². The fourth-order valence-corrected chi connectivity index (χ4v) is 4.88. The Morgan fingerprint density at radius 2 is 1.59 bits per heavy atom. The van der Waals surface area contributed by atoms with E-state index < -0.39 is 11.7 Å². The van der Waals surface area contributed by atoms with Gasteiger partial charge in [0.2, 0.25) is 0 Å². The molecule has 1 aliphatic carbocycles. The van der Waals surface area contributed by atoms with E-state index in [-0.39, 0.29) is 11.6 Å². The molecule has 2 aromatic carbocycles. The minimum Gasteiger partial charge on any atom is -0.508 e. The van der Waals surface area contributed by atoms with Crippen LogP contribution in [0.1, 0.15) is 30.1 Å². The molecule has 1 unspecified atom stereocenters. The van der Waals surface area contributed by atoms with Crippen LogP contribution in [0.4, 0.5) is 4.39 Å². The molecular weight excluding hydrogens is 345 g/mol. The maximum atomic E-state index is 13.1. The van der Waals surface area contributed by atoms with E-state index in [1.54, 1.807) is 36.4 Å². The lowest BCUT2D eigenvalue weighted by atomic mass is 9.91. The van der Waals surface area contributed by atoms with E-state index in [2.05, 4.69) is 4.90 Å². The Hall–Kier alpha value is -1.95. The third-order valence-corrected chi connectivity index (χ3v) is 6.09. The predicted molar refractivity (Wildman–Crippen MR) is 101 cm³/mol. The quantitative estimate of drug-likeness (QED) is 0.756. The SMILES string of the molecule is Oc1ccc(C(O)CN2C[C@@H]3C[C@@](O)(Cc4ccc(F)cc4)C[C@@H]3C2)cc1. The van der Waals surface area contributed by atoms with Crippen LogP contribution in [0.25, 0.3) is 0 Å². The molecule has 27 heavy (non-hydrogen) atoms. The monoisotopic (exact) mass is 371 g/mol. The van der Waals surface area contributed by atoms with Gasteiger partial charge in [-0.15, -0.1) is 0 Å². The van der Waals surface area contributed by atoms with E-state index in [1.165, 1.54) is 12.1 Å². The van der Waals surface area contributed by atoms with Gasteiger partial charge in [-0.25, -0.2) is 4.39 Å². The van der Waals surface area contributed by atoms with Gasteiger partial charge in [0.05, 0.1) is 11.7 Å². The Bertz CT molecular complexity index is 763. The van der Waals surface area contributed by atoms with Crippen molar-refractivity contribution in [1.82, 2.24) is 4.90 Å². The number of benzene rings is 2. The Morgan fingerprint density at radius 3 is 2.19 bits per heavy atom. The van der Waals surface area contributed by atoms with Crippen LogP contribution in [0, 0.1) is 17.7 Å². The standard InChI is InChI=1S/C22H26FNO3/c23-19-5-1-15(2-6-19)9-22(27)10-17-12-24(13-18(17)11-22)14-21(26)16-3-7-20(25)8-4-16/h1-8,17-18,21,25-27H,9-14H2/t17-,18+,21?,22-. The molecule has 1 saturated carbocycles. The molecule has 0 radical (unpaired) electrons. The van der Waals surface area contributed by atoms with Gasteiger partial charge < -0.3 is 15.3 Å². The summed E-state index contributed by atoms with van der Waals surface area (Å²) in [6, 6.07) is 13.1. The number of phenolic OH excluding ortho intramolecular Hbond substituents is 1. The molecule has 4 atom stereocenters. The fraction of sp³-hybridized carbons (Fsp3) is 0.455. The number of aliphatic hydroxyl groups is 2. The minimum atomic E-state index is -0.713. The minimum absolute atomic E-state index is 0.196. The Labute approximate surface area is 158 Å². The summed E-state index contributed by atoms with van der Waals surface area (Å²) in [6.45, 7) is 2.32. The van der Waals surface area contributed by atoms with Gasteiger partial charge in [0.15, 0.2) is 0 Å². The summed E-state index contributed by atoms with van der Waals surface area (Å²) in [6.07, 6.45) is 1.49. The second-order valence-corrected chi connectivity index (χ2v) is 8.28. The first kappa shape index (κ1) is 18.4. The first-order valence-electron chi connectivity index (χ1n) is 9.56. The van der Waals surface area contributed by atoms with E-state index in [0.29, 0.717) is 24.8 Å². The number of halogens is 1. The molecule has 0 spiro atoms. The number of fused-ring (bicyclic) bond motifs is 1. The van der Waals surface area contributed by atoms with E-state index in [1.807, 2.05) is 0 Å². The average Bonchev–Trinajstić information content (AvgIpc) is 3.11. The van der Waals surface area contributed by atoms with Crippen molar-refractivity contribution in [2.75, 3.05) is 19.6 Å². The van der Waals surface area contributed by atoms with Gasteiger partial charge in [0.1, 0.15) is 11.6 Å². The highest BCUT2D eigenvalue weighted by Crippen LogP contribution is 2.45. The zero-order chi connectivity index (χ0) is 19.0. The molecule has 2 fully saturated rings. The van der Waals surface area contributed by atoms with Gasteiger partial charge in [0, 0.05) is 26.1 Å². The van der Waals surface area contributed by atoms with Crippen LogP contribution in [0.2, 0.25) is 0 Å². The number of β-amino-alcohol motifs (C(OH)–C–C–N with tert-alkyl or cyclic N) is 1. The summed E-state index contributed by atoms with van der Waals surface area (Å²) in [5.74, 6) is 0.809. The lowest BCUT2D eigenvalue weighted by Crippen LogP contribution is -2.33. The van der Waals surface area contributed by atoms with Crippen LogP contribution in [0.15, 0.2) is 48.5 Å². The summed E-state index contributed by atoms with van der Waals surface area (Å²) in [5, 5.41) is 30.8. The summed E-state index contributed by atoms with van der Waals surface area (Å²) >= 11 is 0. The van der Waals surface area contributed by atoms with E-state index in [0.717, 1.165) is 37.1 Å². The number of aliphatic hydroxyl groups excluding tert-OH is 1.